The van der Waals surface area contributed by atoms with E-state index in [1.54, 1.807) is 11.8 Å². The molecule has 0 spiro atoms. The van der Waals surface area contributed by atoms with Gasteiger partial charge in [0.1, 0.15) is 0 Å². The fourth-order valence-electron chi connectivity index (χ4n) is 2.81. The summed E-state index contributed by atoms with van der Waals surface area (Å²) in [5.41, 5.74) is 7.98. The van der Waals surface area contributed by atoms with Gasteiger partial charge >= 0.3 is 0 Å². The van der Waals surface area contributed by atoms with Gasteiger partial charge in [-0.15, -0.1) is 11.8 Å². The first kappa shape index (κ1) is 15.0. The van der Waals surface area contributed by atoms with Gasteiger partial charge in [0.05, 0.1) is 11.7 Å². The first-order valence-electron chi connectivity index (χ1n) is 7.44. The Morgan fingerprint density at radius 2 is 2.05 bits per heavy atom. The minimum absolute atomic E-state index is 0.607. The normalized spacial score (nSPS) is 16.2. The average Bonchev–Trinajstić information content (AvgIpc) is 2.96. The molecule has 2 aromatic rings. The number of halogens is 1. The van der Waals surface area contributed by atoms with Gasteiger partial charge in [-0.05, 0) is 37.1 Å². The van der Waals surface area contributed by atoms with Crippen LogP contribution in [0.2, 0.25) is 0 Å². The molecule has 0 saturated heterocycles. The molecule has 1 aromatic heterocycles. The van der Waals surface area contributed by atoms with E-state index in [-0.39, 0.29) is 0 Å². The summed E-state index contributed by atoms with van der Waals surface area (Å²) < 4.78 is 3.19. The number of thioether (sulfide) groups is 1. The third-order valence-electron chi connectivity index (χ3n) is 3.96. The summed E-state index contributed by atoms with van der Waals surface area (Å²) in [6.07, 6.45) is 8.73. The summed E-state index contributed by atoms with van der Waals surface area (Å²) in [5.74, 6) is 0.867. The number of anilines is 1. The first-order valence-corrected chi connectivity index (χ1v) is 9.22. The smallest absolute Gasteiger partial charge is 0.0727 e. The Hall–Kier alpha value is -0.940. The van der Waals surface area contributed by atoms with Crippen molar-refractivity contribution in [2.24, 2.45) is 0 Å². The van der Waals surface area contributed by atoms with E-state index in [1.165, 1.54) is 32.1 Å². The fourth-order valence-corrected chi connectivity index (χ4v) is 4.03. The van der Waals surface area contributed by atoms with Gasteiger partial charge in [-0.2, -0.15) is 5.10 Å². The van der Waals surface area contributed by atoms with Crippen molar-refractivity contribution in [3.8, 4) is 0 Å². The summed E-state index contributed by atoms with van der Waals surface area (Å²) in [4.78, 5) is 1.12. The summed E-state index contributed by atoms with van der Waals surface area (Å²) >= 11 is 5.18. The second kappa shape index (κ2) is 6.88. The van der Waals surface area contributed by atoms with E-state index in [4.69, 9.17) is 10.8 Å². The predicted octanol–water partition coefficient (Wildman–Crippen LogP) is 5.03. The molecule has 1 saturated carbocycles. The highest BCUT2D eigenvalue weighted by Crippen LogP contribution is 2.31. The molecule has 1 fully saturated rings. The summed E-state index contributed by atoms with van der Waals surface area (Å²) in [7, 11) is 0. The monoisotopic (exact) mass is 365 g/mol. The quantitative estimate of drug-likeness (QED) is 0.610. The van der Waals surface area contributed by atoms with Gasteiger partial charge in [-0.3, -0.25) is 4.68 Å². The third kappa shape index (κ3) is 3.83. The van der Waals surface area contributed by atoms with Crippen LogP contribution in [0.3, 0.4) is 0 Å². The number of benzene rings is 1. The number of nitrogens with two attached hydrogens (primary N) is 1. The number of nitrogens with zero attached hydrogens (tertiary/aromatic N) is 2. The molecule has 1 aliphatic carbocycles. The topological polar surface area (TPSA) is 43.8 Å². The maximum atomic E-state index is 6.03. The molecule has 0 radical (unpaired) electrons. The van der Waals surface area contributed by atoms with Gasteiger partial charge in [0.15, 0.2) is 0 Å². The Kier molecular flexibility index (Phi) is 4.91. The molecular weight excluding hydrogens is 346 g/mol. The highest BCUT2D eigenvalue weighted by atomic mass is 79.9. The molecule has 0 atom stereocenters. The SMILES string of the molecule is Nc1cc(Br)ccc1SCc1ccn(C2CCCCC2)n1. The zero-order valence-corrected chi connectivity index (χ0v) is 14.4. The molecule has 0 aliphatic heterocycles. The van der Waals surface area contributed by atoms with Crippen molar-refractivity contribution in [2.45, 2.75) is 48.8 Å². The van der Waals surface area contributed by atoms with Crippen LogP contribution < -0.4 is 5.73 Å². The van der Waals surface area contributed by atoms with Gasteiger partial charge in [0, 0.05) is 27.0 Å². The van der Waals surface area contributed by atoms with Crippen molar-refractivity contribution in [3.05, 3.63) is 40.6 Å². The fraction of sp³-hybridized carbons (Fsp3) is 0.438. The molecule has 0 bridgehead atoms. The van der Waals surface area contributed by atoms with Gasteiger partial charge in [0.2, 0.25) is 0 Å². The van der Waals surface area contributed by atoms with Crippen LogP contribution in [0.25, 0.3) is 0 Å². The second-order valence-electron chi connectivity index (χ2n) is 5.55. The van der Waals surface area contributed by atoms with Gasteiger partial charge in [0.25, 0.3) is 0 Å². The molecule has 2 N–H and O–H groups in total. The van der Waals surface area contributed by atoms with Crippen molar-refractivity contribution in [1.82, 2.24) is 9.78 Å². The summed E-state index contributed by atoms with van der Waals surface area (Å²) in [5, 5.41) is 4.74. The van der Waals surface area contributed by atoms with Gasteiger partial charge in [-0.1, -0.05) is 35.2 Å². The minimum atomic E-state index is 0.607. The maximum Gasteiger partial charge on any atom is 0.0727 e. The van der Waals surface area contributed by atoms with Crippen LogP contribution in [0.15, 0.2) is 39.8 Å². The number of nitrogen functional groups attached to an aromatic ring is 1. The summed E-state index contributed by atoms with van der Waals surface area (Å²) in [6.45, 7) is 0. The minimum Gasteiger partial charge on any atom is -0.398 e. The number of rotatable bonds is 4. The third-order valence-corrected chi connectivity index (χ3v) is 5.58. The van der Waals surface area contributed by atoms with E-state index >= 15 is 0 Å². The molecular formula is C16H20BrN3S. The van der Waals surface area contributed by atoms with E-state index in [9.17, 15) is 0 Å². The molecule has 21 heavy (non-hydrogen) atoms. The van der Waals surface area contributed by atoms with E-state index in [0.717, 1.165) is 26.5 Å². The lowest BCUT2D eigenvalue weighted by Crippen LogP contribution is -2.13. The van der Waals surface area contributed by atoms with Crippen LogP contribution >= 0.6 is 27.7 Å². The number of hydrogen-bond acceptors (Lipinski definition) is 3. The molecule has 112 valence electrons. The Bertz CT molecular complexity index is 605. The van der Waals surface area contributed by atoms with Crippen LogP contribution in [0.4, 0.5) is 5.69 Å². The maximum absolute atomic E-state index is 6.03. The average molecular weight is 366 g/mol. The molecule has 0 amide bonds. The van der Waals surface area contributed by atoms with Crippen LogP contribution in [-0.2, 0) is 5.75 Å². The second-order valence-corrected chi connectivity index (χ2v) is 7.48. The van der Waals surface area contributed by atoms with Crippen molar-refractivity contribution in [1.29, 1.82) is 0 Å². The van der Waals surface area contributed by atoms with Crippen molar-refractivity contribution >= 4 is 33.4 Å². The Morgan fingerprint density at radius 3 is 2.81 bits per heavy atom. The lowest BCUT2D eigenvalue weighted by atomic mass is 9.96. The molecule has 5 heteroatoms. The molecule has 1 aliphatic rings. The zero-order valence-electron chi connectivity index (χ0n) is 12.0. The first-order chi connectivity index (χ1) is 10.2. The Morgan fingerprint density at radius 1 is 1.24 bits per heavy atom. The van der Waals surface area contributed by atoms with E-state index in [1.807, 2.05) is 12.1 Å². The van der Waals surface area contributed by atoms with E-state index in [0.29, 0.717) is 6.04 Å². The molecule has 3 nitrogen and oxygen atoms in total. The number of hydrogen-bond donors (Lipinski definition) is 1. The Balaban J connectivity index is 1.61. The molecule has 0 unspecified atom stereocenters. The Labute approximate surface area is 138 Å². The molecule has 1 heterocycles. The zero-order chi connectivity index (χ0) is 14.7. The lowest BCUT2D eigenvalue weighted by molar-refractivity contribution is 0.328. The highest BCUT2D eigenvalue weighted by molar-refractivity contribution is 9.10. The van der Waals surface area contributed by atoms with E-state index < -0.39 is 0 Å². The van der Waals surface area contributed by atoms with Crippen LogP contribution in [-0.4, -0.2) is 9.78 Å². The molecule has 3 rings (SSSR count). The van der Waals surface area contributed by atoms with Crippen molar-refractivity contribution in [2.75, 3.05) is 5.73 Å². The van der Waals surface area contributed by atoms with Crippen molar-refractivity contribution in [3.63, 3.8) is 0 Å². The van der Waals surface area contributed by atoms with Crippen LogP contribution in [0, 0.1) is 0 Å². The molecule has 1 aromatic carbocycles. The van der Waals surface area contributed by atoms with Crippen LogP contribution in [0.1, 0.15) is 43.8 Å². The highest BCUT2D eigenvalue weighted by Gasteiger charge is 2.16. The van der Waals surface area contributed by atoms with Gasteiger partial charge in [-0.25, -0.2) is 0 Å². The van der Waals surface area contributed by atoms with Crippen molar-refractivity contribution < 1.29 is 0 Å². The number of aromatic nitrogens is 2. The van der Waals surface area contributed by atoms with Crippen LogP contribution in [0.5, 0.6) is 0 Å². The van der Waals surface area contributed by atoms with Gasteiger partial charge < -0.3 is 5.73 Å². The summed E-state index contributed by atoms with van der Waals surface area (Å²) in [6, 6.07) is 8.77. The predicted molar refractivity (Wildman–Crippen MR) is 92.5 cm³/mol. The van der Waals surface area contributed by atoms with E-state index in [2.05, 4.69) is 38.9 Å². The largest absolute Gasteiger partial charge is 0.398 e. The standard InChI is InChI=1S/C16H20BrN3S/c17-12-6-7-16(15(18)10-12)21-11-13-8-9-20(19-13)14-4-2-1-3-5-14/h6-10,14H,1-5,11,18H2. The lowest BCUT2D eigenvalue weighted by Gasteiger charge is -2.21.